The highest BCUT2D eigenvalue weighted by atomic mass is 35.5. The molecule has 2 aromatic carbocycles. The molecule has 232 valence electrons. The minimum atomic E-state index is -4.75. The lowest BCUT2D eigenvalue weighted by Crippen LogP contribution is -2.05. The molecule has 2 aromatic heterocycles. The van der Waals surface area contributed by atoms with Gasteiger partial charge in [0.15, 0.2) is 10.3 Å². The highest BCUT2D eigenvalue weighted by molar-refractivity contribution is 7.99. The molecular weight excluding hydrogens is 695 g/mol. The van der Waals surface area contributed by atoms with E-state index in [4.69, 9.17) is 23.2 Å². The van der Waals surface area contributed by atoms with Gasteiger partial charge in [0.2, 0.25) is 22.5 Å². The maximum atomic E-state index is 12.3. The van der Waals surface area contributed by atoms with E-state index in [1.807, 2.05) is 13.8 Å². The molecule has 0 unspecified atom stereocenters. The number of rotatable bonds is 12. The van der Waals surface area contributed by atoms with Crippen LogP contribution in [0.15, 0.2) is 56.5 Å². The number of benzene rings is 2. The molecule has 14 nitrogen and oxygen atoms in total. The summed E-state index contributed by atoms with van der Waals surface area (Å²) < 4.78 is 68.9. The first-order chi connectivity index (χ1) is 20.7. The number of hydrogen-bond donors (Lipinski definition) is 4. The number of nitrogens with one attached hydrogen (secondary N) is 2. The summed E-state index contributed by atoms with van der Waals surface area (Å²) in [6.45, 7) is 3.81. The van der Waals surface area contributed by atoms with Gasteiger partial charge in [-0.05, 0) is 70.1 Å². The first-order valence-corrected chi connectivity index (χ1v) is 17.9. The third-order valence-electron chi connectivity index (χ3n) is 5.26. The second kappa shape index (κ2) is 14.3. The van der Waals surface area contributed by atoms with Crippen molar-refractivity contribution in [3.63, 3.8) is 0 Å². The highest BCUT2D eigenvalue weighted by Crippen LogP contribution is 2.28. The van der Waals surface area contributed by atoms with Gasteiger partial charge in [-0.15, -0.1) is 0 Å². The first-order valence-electron chi connectivity index (χ1n) is 12.3. The third-order valence-corrected chi connectivity index (χ3v) is 8.88. The first kappa shape index (κ1) is 33.8. The van der Waals surface area contributed by atoms with Crippen LogP contribution in [0.1, 0.15) is 25.0 Å². The Morgan fingerprint density at radius 2 is 1.07 bits per heavy atom. The van der Waals surface area contributed by atoms with Crippen molar-refractivity contribution >= 4 is 102 Å². The van der Waals surface area contributed by atoms with Gasteiger partial charge in [-0.1, -0.05) is 61.7 Å². The highest BCUT2D eigenvalue weighted by Gasteiger charge is 2.18. The minimum absolute atomic E-state index is 0.0122. The summed E-state index contributed by atoms with van der Waals surface area (Å²) >= 11 is 14.6. The molecule has 0 radical (unpaired) electrons. The van der Waals surface area contributed by atoms with Crippen molar-refractivity contribution in [1.29, 1.82) is 0 Å². The van der Waals surface area contributed by atoms with Gasteiger partial charge in [-0.3, -0.25) is 9.11 Å². The van der Waals surface area contributed by atoms with Gasteiger partial charge in [0.05, 0.1) is 0 Å². The van der Waals surface area contributed by atoms with Crippen molar-refractivity contribution in [2.24, 2.45) is 0 Å². The van der Waals surface area contributed by atoms with E-state index < -0.39 is 30.0 Å². The molecule has 4 N–H and O–H groups in total. The summed E-state index contributed by atoms with van der Waals surface area (Å²) in [7, 11) is -9.50. The zero-order valence-corrected chi connectivity index (χ0v) is 27.4. The van der Waals surface area contributed by atoms with E-state index in [1.165, 1.54) is 59.9 Å². The van der Waals surface area contributed by atoms with E-state index >= 15 is 0 Å². The van der Waals surface area contributed by atoms with E-state index in [1.54, 1.807) is 0 Å². The number of nitrogens with zero attached hydrogens (tertiary/aromatic N) is 6. The molecular formula is C24H22Cl2N8O6S4. The van der Waals surface area contributed by atoms with Crippen LogP contribution in [-0.4, -0.2) is 67.4 Å². The number of aromatic nitrogens is 6. The monoisotopic (exact) mass is 716 g/mol. The summed E-state index contributed by atoms with van der Waals surface area (Å²) in [6.07, 6.45) is 2.53. The maximum absolute atomic E-state index is 12.3. The van der Waals surface area contributed by atoms with Crippen molar-refractivity contribution in [1.82, 2.24) is 29.9 Å². The van der Waals surface area contributed by atoms with Crippen LogP contribution in [0.4, 0.5) is 23.3 Å². The van der Waals surface area contributed by atoms with E-state index in [9.17, 15) is 25.9 Å². The molecule has 2 heterocycles. The van der Waals surface area contributed by atoms with Gasteiger partial charge in [0.25, 0.3) is 20.2 Å². The largest absolute Gasteiger partial charge is 0.324 e. The van der Waals surface area contributed by atoms with Gasteiger partial charge in [-0.2, -0.15) is 46.7 Å². The number of hydrogen-bond acceptors (Lipinski definition) is 14. The molecule has 0 atom stereocenters. The van der Waals surface area contributed by atoms with Crippen LogP contribution in [0.3, 0.4) is 0 Å². The van der Waals surface area contributed by atoms with E-state index in [0.717, 1.165) is 12.1 Å². The topological polar surface area (TPSA) is 210 Å². The predicted octanol–water partition coefficient (Wildman–Crippen LogP) is 5.74. The van der Waals surface area contributed by atoms with Gasteiger partial charge in [0.1, 0.15) is 9.79 Å². The lowest BCUT2D eigenvalue weighted by molar-refractivity contribution is 0.480. The van der Waals surface area contributed by atoms with Crippen molar-refractivity contribution in [2.45, 2.75) is 34.0 Å². The molecule has 0 spiro atoms. The van der Waals surface area contributed by atoms with Crippen LogP contribution < -0.4 is 10.6 Å². The van der Waals surface area contributed by atoms with E-state index in [-0.39, 0.29) is 45.0 Å². The van der Waals surface area contributed by atoms with Crippen LogP contribution in [0.2, 0.25) is 10.6 Å². The Hall–Kier alpha value is -3.10. The molecule has 20 heteroatoms. The number of halogens is 2. The molecule has 0 saturated heterocycles. The van der Waals surface area contributed by atoms with Gasteiger partial charge >= 0.3 is 0 Å². The number of thioether (sulfide) groups is 2. The Kier molecular flexibility index (Phi) is 11.0. The van der Waals surface area contributed by atoms with Crippen LogP contribution in [0, 0.1) is 0 Å². The normalized spacial score (nSPS) is 12.0. The molecule has 0 bridgehead atoms. The average molecular weight is 718 g/mol. The molecule has 44 heavy (non-hydrogen) atoms. The lowest BCUT2D eigenvalue weighted by atomic mass is 10.1. The summed E-state index contributed by atoms with van der Waals surface area (Å²) in [5, 5.41) is 6.23. The Morgan fingerprint density at radius 1 is 0.682 bits per heavy atom. The molecule has 0 fully saturated rings. The summed E-state index contributed by atoms with van der Waals surface area (Å²) in [5.74, 6) is 1.47. The zero-order chi connectivity index (χ0) is 32.1. The molecule has 0 aliphatic heterocycles. The number of anilines is 4. The van der Waals surface area contributed by atoms with E-state index in [0.29, 0.717) is 21.8 Å². The summed E-state index contributed by atoms with van der Waals surface area (Å²) in [5.41, 5.74) is 0.436. The quantitative estimate of drug-likeness (QED) is 0.0782. The zero-order valence-electron chi connectivity index (χ0n) is 22.6. The van der Waals surface area contributed by atoms with Crippen molar-refractivity contribution in [3.8, 4) is 0 Å². The van der Waals surface area contributed by atoms with Gasteiger partial charge < -0.3 is 10.6 Å². The second-order valence-corrected chi connectivity index (χ2v) is 14.2. The molecule has 4 rings (SSSR count). The Bertz CT molecular complexity index is 1810. The summed E-state index contributed by atoms with van der Waals surface area (Å²) in [4.78, 5) is 23.4. The molecule has 0 aliphatic rings. The van der Waals surface area contributed by atoms with Crippen molar-refractivity contribution < 1.29 is 25.9 Å². The molecule has 0 aliphatic carbocycles. The molecule has 0 amide bonds. The Balaban J connectivity index is 1.66. The Morgan fingerprint density at radius 3 is 1.41 bits per heavy atom. The molecule has 4 aromatic rings. The average Bonchev–Trinajstić information content (AvgIpc) is 2.91. The van der Waals surface area contributed by atoms with Crippen LogP contribution in [0.5, 0.6) is 0 Å². The summed E-state index contributed by atoms with van der Waals surface area (Å²) in [6, 6.07) is 7.99. The smallest absolute Gasteiger partial charge is 0.295 e. The van der Waals surface area contributed by atoms with Crippen molar-refractivity contribution in [3.05, 3.63) is 58.1 Å². The lowest BCUT2D eigenvalue weighted by Gasteiger charge is -2.11. The van der Waals surface area contributed by atoms with E-state index in [2.05, 4.69) is 40.5 Å². The van der Waals surface area contributed by atoms with Gasteiger partial charge in [0, 0.05) is 11.4 Å². The second-order valence-electron chi connectivity index (χ2n) is 8.33. The minimum Gasteiger partial charge on any atom is -0.324 e. The van der Waals surface area contributed by atoms with Gasteiger partial charge in [-0.25, -0.2) is 0 Å². The third kappa shape index (κ3) is 9.21. The standard InChI is InChI=1S/C24H22Cl2N8O6S4/c1-3-41-23-31-19(25)29-21(33-23)27-15-9-7-13(17(11-15)43(35,36)37)5-6-14-8-10-16(12-18(14)44(38,39)40)28-22-30-20(26)32-24(34-22)42-4-2/h5-12H,3-4H2,1-2H3,(H,35,36,37)(H,38,39,40)(H,27,29,31,33)(H,28,30,32,34)/b6-5+. The SMILES string of the molecule is CCSc1nc(Cl)nc(Nc2ccc(/C=C/c3ccc(Nc4nc(Cl)nc(SCC)n4)cc3S(=O)(=O)O)c(S(=O)(=O)O)c2)n1. The van der Waals surface area contributed by atoms with Crippen LogP contribution >= 0.6 is 46.7 Å². The predicted molar refractivity (Wildman–Crippen MR) is 170 cm³/mol. The fourth-order valence-corrected chi connectivity index (χ4v) is 6.51. The van der Waals surface area contributed by atoms with Crippen molar-refractivity contribution in [2.75, 3.05) is 22.1 Å². The van der Waals surface area contributed by atoms with Crippen LogP contribution in [-0.2, 0) is 20.2 Å². The van der Waals surface area contributed by atoms with Crippen LogP contribution in [0.25, 0.3) is 12.2 Å². The molecule has 0 saturated carbocycles. The Labute approximate surface area is 271 Å². The fraction of sp³-hybridized carbons (Fsp3) is 0.167. The maximum Gasteiger partial charge on any atom is 0.295 e. The fourth-order valence-electron chi connectivity index (χ4n) is 3.55.